The number of benzene rings is 1. The molecule has 0 saturated carbocycles. The fourth-order valence-corrected chi connectivity index (χ4v) is 3.46. The van der Waals surface area contributed by atoms with Crippen LogP contribution in [-0.2, 0) is 4.79 Å². The molecular formula is C18H16N2O6S. The number of nitro benzene ring substituents is 1. The Hall–Kier alpha value is -3.07. The van der Waals surface area contributed by atoms with Gasteiger partial charge in [-0.05, 0) is 42.4 Å². The van der Waals surface area contributed by atoms with Gasteiger partial charge in [0.05, 0.1) is 28.6 Å². The molecule has 2 amide bonds. The lowest BCUT2D eigenvalue weighted by molar-refractivity contribution is -0.384. The van der Waals surface area contributed by atoms with Crippen molar-refractivity contribution in [2.45, 2.75) is 13.3 Å². The minimum atomic E-state index is -0.518. The first kappa shape index (κ1) is 18.7. The van der Waals surface area contributed by atoms with Crippen LogP contribution in [-0.4, -0.2) is 34.6 Å². The van der Waals surface area contributed by atoms with Gasteiger partial charge in [0.15, 0.2) is 0 Å². The molecule has 0 aliphatic carbocycles. The highest BCUT2D eigenvalue weighted by molar-refractivity contribution is 8.18. The van der Waals surface area contributed by atoms with Crippen molar-refractivity contribution in [1.82, 2.24) is 4.90 Å². The van der Waals surface area contributed by atoms with Crippen LogP contribution in [0.25, 0.3) is 17.4 Å². The predicted molar refractivity (Wildman–Crippen MR) is 100 cm³/mol. The van der Waals surface area contributed by atoms with Crippen molar-refractivity contribution in [2.24, 2.45) is 0 Å². The highest BCUT2D eigenvalue weighted by Gasteiger charge is 2.34. The Morgan fingerprint density at radius 3 is 2.74 bits per heavy atom. The summed E-state index contributed by atoms with van der Waals surface area (Å²) >= 11 is 0.848. The van der Waals surface area contributed by atoms with Crippen LogP contribution in [0, 0.1) is 10.1 Å². The van der Waals surface area contributed by atoms with E-state index in [4.69, 9.17) is 9.15 Å². The number of rotatable bonds is 6. The van der Waals surface area contributed by atoms with E-state index in [1.54, 1.807) is 18.2 Å². The summed E-state index contributed by atoms with van der Waals surface area (Å²) in [5.41, 5.74) is 0.137. The van der Waals surface area contributed by atoms with Gasteiger partial charge >= 0.3 is 0 Å². The quantitative estimate of drug-likeness (QED) is 0.413. The Labute approximate surface area is 158 Å². The lowest BCUT2D eigenvalue weighted by Crippen LogP contribution is -2.28. The third kappa shape index (κ3) is 3.72. The first-order valence-electron chi connectivity index (χ1n) is 8.12. The van der Waals surface area contributed by atoms with E-state index in [0.717, 1.165) is 11.8 Å². The van der Waals surface area contributed by atoms with E-state index in [9.17, 15) is 19.7 Å². The van der Waals surface area contributed by atoms with E-state index in [0.29, 0.717) is 30.0 Å². The molecule has 0 unspecified atom stereocenters. The molecule has 0 radical (unpaired) electrons. The van der Waals surface area contributed by atoms with Crippen molar-refractivity contribution in [3.05, 3.63) is 51.1 Å². The monoisotopic (exact) mass is 388 g/mol. The summed E-state index contributed by atoms with van der Waals surface area (Å²) in [4.78, 5) is 36.4. The Kier molecular flexibility index (Phi) is 5.31. The second kappa shape index (κ2) is 7.67. The standard InChI is InChI=1S/C18H16N2O6S/c1-3-8-19-17(21)16(27-18(19)22)10-12-5-7-15(26-12)13-6-4-11(25-2)9-14(13)20(23)24/h4-7,9-10H,3,8H2,1-2H3/b16-10+. The predicted octanol–water partition coefficient (Wildman–Crippen LogP) is 4.31. The van der Waals surface area contributed by atoms with Crippen LogP contribution in [0.5, 0.6) is 5.75 Å². The molecule has 0 spiro atoms. The smallest absolute Gasteiger partial charge is 0.293 e. The molecule has 0 N–H and O–H groups in total. The van der Waals surface area contributed by atoms with Crippen LogP contribution in [0.1, 0.15) is 19.1 Å². The number of hydrogen-bond donors (Lipinski definition) is 0. The second-order valence-electron chi connectivity index (χ2n) is 5.68. The van der Waals surface area contributed by atoms with Crippen LogP contribution in [0.3, 0.4) is 0 Å². The van der Waals surface area contributed by atoms with E-state index in [2.05, 4.69) is 0 Å². The van der Waals surface area contributed by atoms with Gasteiger partial charge in [-0.2, -0.15) is 0 Å². The van der Waals surface area contributed by atoms with Gasteiger partial charge in [0.25, 0.3) is 16.8 Å². The van der Waals surface area contributed by atoms with E-state index in [-0.39, 0.29) is 27.5 Å². The fraction of sp³-hybridized carbons (Fsp3) is 0.222. The average molecular weight is 388 g/mol. The van der Waals surface area contributed by atoms with E-state index >= 15 is 0 Å². The van der Waals surface area contributed by atoms with Crippen LogP contribution in [0.15, 0.2) is 39.7 Å². The largest absolute Gasteiger partial charge is 0.497 e. The fourth-order valence-electron chi connectivity index (χ4n) is 2.62. The Morgan fingerprint density at radius 2 is 2.07 bits per heavy atom. The molecule has 1 aliphatic heterocycles. The van der Waals surface area contributed by atoms with Crippen LogP contribution in [0.2, 0.25) is 0 Å². The molecule has 1 saturated heterocycles. The number of imide groups is 1. The average Bonchev–Trinajstić information content (AvgIpc) is 3.22. The maximum absolute atomic E-state index is 12.3. The molecule has 9 heteroatoms. The van der Waals surface area contributed by atoms with Crippen molar-refractivity contribution in [1.29, 1.82) is 0 Å². The van der Waals surface area contributed by atoms with Crippen molar-refractivity contribution in [3.63, 3.8) is 0 Å². The Bertz CT molecular complexity index is 949. The normalized spacial score (nSPS) is 15.6. The molecular weight excluding hydrogens is 372 g/mol. The summed E-state index contributed by atoms with van der Waals surface area (Å²) in [6, 6.07) is 7.62. The first-order valence-corrected chi connectivity index (χ1v) is 8.94. The van der Waals surface area contributed by atoms with Crippen molar-refractivity contribution < 1.29 is 23.7 Å². The summed E-state index contributed by atoms with van der Waals surface area (Å²) in [6.45, 7) is 2.25. The van der Waals surface area contributed by atoms with Crippen LogP contribution >= 0.6 is 11.8 Å². The highest BCUT2D eigenvalue weighted by Crippen LogP contribution is 2.36. The molecule has 27 heavy (non-hydrogen) atoms. The maximum atomic E-state index is 12.3. The number of nitro groups is 1. The lowest BCUT2D eigenvalue weighted by atomic mass is 10.1. The highest BCUT2D eigenvalue weighted by atomic mass is 32.2. The number of methoxy groups -OCH3 is 1. The number of ether oxygens (including phenoxy) is 1. The van der Waals surface area contributed by atoms with Gasteiger partial charge in [-0.3, -0.25) is 24.6 Å². The SMILES string of the molecule is CCCN1C(=O)S/C(=C/c2ccc(-c3ccc(OC)cc3[N+](=O)[O-])o2)C1=O. The number of carbonyl (C=O) groups excluding carboxylic acids is 2. The molecule has 0 bridgehead atoms. The van der Waals surface area contributed by atoms with Crippen LogP contribution in [0.4, 0.5) is 10.5 Å². The summed E-state index contributed by atoms with van der Waals surface area (Å²) in [7, 11) is 1.43. The summed E-state index contributed by atoms with van der Waals surface area (Å²) in [5.74, 6) is 0.613. The Morgan fingerprint density at radius 1 is 1.30 bits per heavy atom. The number of hydrogen-bond acceptors (Lipinski definition) is 7. The van der Waals surface area contributed by atoms with Crippen molar-refractivity contribution in [3.8, 4) is 17.1 Å². The van der Waals surface area contributed by atoms with Crippen molar-refractivity contribution in [2.75, 3.05) is 13.7 Å². The van der Waals surface area contributed by atoms with Gasteiger partial charge in [-0.1, -0.05) is 6.92 Å². The van der Waals surface area contributed by atoms with Gasteiger partial charge in [-0.25, -0.2) is 0 Å². The molecule has 140 valence electrons. The molecule has 2 heterocycles. The molecule has 0 atom stereocenters. The van der Waals surface area contributed by atoms with Gasteiger partial charge in [0, 0.05) is 12.6 Å². The minimum absolute atomic E-state index is 0.154. The number of furan rings is 1. The zero-order valence-corrected chi connectivity index (χ0v) is 15.4. The summed E-state index contributed by atoms with van der Waals surface area (Å²) in [5, 5.41) is 11.0. The molecule has 1 aromatic heterocycles. The topological polar surface area (TPSA) is 103 Å². The minimum Gasteiger partial charge on any atom is -0.497 e. The van der Waals surface area contributed by atoms with Crippen molar-refractivity contribution >= 4 is 34.7 Å². The van der Waals surface area contributed by atoms with E-state index in [1.165, 1.54) is 30.2 Å². The molecule has 1 fully saturated rings. The third-order valence-corrected chi connectivity index (χ3v) is 4.80. The first-order chi connectivity index (χ1) is 12.9. The second-order valence-corrected chi connectivity index (χ2v) is 6.67. The number of nitrogens with zero attached hydrogens (tertiary/aromatic N) is 2. The van der Waals surface area contributed by atoms with E-state index < -0.39 is 4.92 Å². The number of carbonyl (C=O) groups is 2. The van der Waals surface area contributed by atoms with E-state index in [1.807, 2.05) is 6.92 Å². The van der Waals surface area contributed by atoms with Gasteiger partial charge in [0.1, 0.15) is 17.3 Å². The zero-order chi connectivity index (χ0) is 19.6. The van der Waals surface area contributed by atoms with Gasteiger partial charge < -0.3 is 9.15 Å². The molecule has 2 aromatic rings. The third-order valence-electron chi connectivity index (χ3n) is 3.89. The molecule has 3 rings (SSSR count). The molecule has 1 aliphatic rings. The lowest BCUT2D eigenvalue weighted by Gasteiger charge is -2.09. The zero-order valence-electron chi connectivity index (χ0n) is 14.6. The molecule has 1 aromatic carbocycles. The maximum Gasteiger partial charge on any atom is 0.293 e. The number of amides is 2. The molecule has 8 nitrogen and oxygen atoms in total. The number of thioether (sulfide) groups is 1. The Balaban J connectivity index is 1.91. The van der Waals surface area contributed by atoms with Gasteiger partial charge in [-0.15, -0.1) is 0 Å². The van der Waals surface area contributed by atoms with Gasteiger partial charge in [0.2, 0.25) is 0 Å². The van der Waals surface area contributed by atoms with Crippen LogP contribution < -0.4 is 4.74 Å². The summed E-state index contributed by atoms with van der Waals surface area (Å²) < 4.78 is 10.7. The summed E-state index contributed by atoms with van der Waals surface area (Å²) in [6.07, 6.45) is 2.15.